The SMILES string of the molecule is C.CCCCC(CCCCCCC1=CC(=O)C(=O)C=C1CC(NCCC)C(=O)CCC)C(=O)CCC.CCCCC(Cc1cccc2c1C=C(C1=CC(=O)C(=O)C3=C1C(CC(NCCC)C(=O)CCC)CN3)C2)C(=O)CCC.CCCNC(CC1CC(=O)C([O-])=CC1=O)C(=O)CCC.O=COc1cc(C(=O)O)c2c(n1)C(=O)C(=O)c1cc(C(=O)O)[nH]c1-2.[3H][3H]. The van der Waals surface area contributed by atoms with Crippen molar-refractivity contribution in [3.8, 4) is 17.1 Å². The molecule has 0 fully saturated rings. The first kappa shape index (κ1) is 100. The van der Waals surface area contributed by atoms with Crippen LogP contribution in [0.4, 0.5) is 0 Å². The molecule has 6 aliphatic rings. The van der Waals surface area contributed by atoms with Crippen molar-refractivity contribution in [2.24, 2.45) is 23.7 Å². The summed E-state index contributed by atoms with van der Waals surface area (Å²) in [6, 6.07) is 7.18. The van der Waals surface area contributed by atoms with Crippen LogP contribution < -0.4 is 31.1 Å². The molecule has 122 heavy (non-hydrogen) atoms. The normalized spacial score (nSPS) is 17.0. The van der Waals surface area contributed by atoms with Crippen molar-refractivity contribution in [3.63, 3.8) is 0 Å². The Hall–Kier alpha value is -10.3. The van der Waals surface area contributed by atoms with Crippen LogP contribution in [0.3, 0.4) is 0 Å². The van der Waals surface area contributed by atoms with Crippen molar-refractivity contribution in [1.82, 2.24) is 31.2 Å². The van der Waals surface area contributed by atoms with Crippen LogP contribution >= 0.6 is 0 Å². The summed E-state index contributed by atoms with van der Waals surface area (Å²) < 4.78 is 14.5. The lowest BCUT2D eigenvalue weighted by atomic mass is 9.80. The Morgan fingerprint density at radius 3 is 1.69 bits per heavy atom. The second kappa shape index (κ2) is 52.2. The van der Waals surface area contributed by atoms with E-state index in [0.29, 0.717) is 88.1 Å². The first-order valence-corrected chi connectivity index (χ1v) is 43.9. The van der Waals surface area contributed by atoms with Crippen molar-refractivity contribution in [3.05, 3.63) is 133 Å². The first-order chi connectivity index (χ1) is 59.0. The Kier molecular flexibility index (Phi) is 43.0. The molecule has 0 spiro atoms. The van der Waals surface area contributed by atoms with E-state index in [0.717, 1.165) is 200 Å². The highest BCUT2D eigenvalue weighted by atomic mass is 16.5. The number of carbonyl (C=O) groups excluding carboxylic acids is 14. The lowest BCUT2D eigenvalue weighted by Crippen LogP contribution is -2.41. The molecule has 2 aromatic heterocycles. The molecule has 0 amide bonds. The average Bonchev–Trinajstić information content (AvgIpc) is 1.51. The highest BCUT2D eigenvalue weighted by molar-refractivity contribution is 6.53. The molecule has 7 unspecified atom stereocenters. The molecule has 1 aromatic carbocycles. The number of ether oxygens (including phenoxy) is 1. The maximum Gasteiger partial charge on any atom is 0.352 e. The molecule has 1 aliphatic heterocycles. The van der Waals surface area contributed by atoms with E-state index in [1.54, 1.807) is 0 Å². The molecule has 0 saturated heterocycles. The Balaban J connectivity index is 0.000000356. The maximum atomic E-state index is 13.0. The number of rotatable bonds is 50. The van der Waals surface area contributed by atoms with E-state index in [4.69, 9.17) is 8.08 Å². The molecule has 9 rings (SSSR count). The van der Waals surface area contributed by atoms with E-state index < -0.39 is 93.0 Å². The number of nitrogens with one attached hydrogen (secondary N) is 5. The predicted octanol–water partition coefficient (Wildman–Crippen LogP) is 14.4. The Bertz CT molecular complexity index is 4520. The predicted molar refractivity (Wildman–Crippen MR) is 466 cm³/mol. The smallest absolute Gasteiger partial charge is 0.352 e. The number of hydrogen-bond donors (Lipinski definition) is 7. The van der Waals surface area contributed by atoms with Gasteiger partial charge in [0.05, 0.1) is 40.6 Å². The number of pyridine rings is 1. The molecule has 26 heteroatoms. The van der Waals surface area contributed by atoms with Crippen molar-refractivity contribution in [2.75, 3.05) is 26.2 Å². The van der Waals surface area contributed by atoms with Crippen LogP contribution in [0.5, 0.6) is 5.88 Å². The van der Waals surface area contributed by atoms with E-state index in [1.807, 2.05) is 27.7 Å². The van der Waals surface area contributed by atoms with Crippen LogP contribution in [0.25, 0.3) is 17.3 Å². The molecule has 7 atom stereocenters. The van der Waals surface area contributed by atoms with Gasteiger partial charge in [-0.2, -0.15) is 0 Å². The van der Waals surface area contributed by atoms with E-state index in [-0.39, 0.29) is 90.1 Å². The van der Waals surface area contributed by atoms with Gasteiger partial charge in [-0.05, 0) is 210 Å². The lowest BCUT2D eigenvalue weighted by molar-refractivity contribution is -0.299. The number of allylic oxidation sites excluding steroid dienone is 9. The zero-order valence-electron chi connectivity index (χ0n) is 74.3. The van der Waals surface area contributed by atoms with Gasteiger partial charge in [0.1, 0.15) is 46.1 Å². The van der Waals surface area contributed by atoms with Crippen LogP contribution in [0, 0.1) is 23.7 Å². The molecule has 3 heterocycles. The highest BCUT2D eigenvalue weighted by Gasteiger charge is 2.42. The summed E-state index contributed by atoms with van der Waals surface area (Å²) in [7, 11) is 0. The number of carboxylic acids is 2. The number of H-pyrrole nitrogens is 1. The maximum absolute atomic E-state index is 13.0. The van der Waals surface area contributed by atoms with Gasteiger partial charge in [-0.1, -0.05) is 152 Å². The molecule has 0 bridgehead atoms. The standard InChI is InChI=1S/C36H48N2O4.C30H49NO4.C15H23NO4.C14H6N2O8.CH4.H2/c1-5-9-13-25(31(39)11-6-2)17-23-14-10-15-24-18-26(19-28(23)24)29-21-33(41)36(42)35-34(29)27(22-38-35)20-30(37-16-8-4)32(40)12-7-3;1-5-9-16-23(27(32)14-6-2)17-12-10-11-13-18-24-21-29(34)30(35)22-25(24)20-26(31-19-8-4)28(33)15-7-3;1-3-5-12(17)11(16-6-4-2)7-10-8-14(19)15(20)9-13(10)18;17-3-24-7-2-4(13(20)21)8-9-5(1-6(15-9)14(22)23)11(18)12(19)10(8)16-7;;/h10,14-15,19,21,25,27,30,37-38H,5-9,11-13,16-18,20,22H2,1-4H3;21-23,26,31H,5-20H2,1-4H3;9-11,16,20H,3-8H2,1-2H3;1-3,15H,(H,20,21)(H,22,23);1H4;1H/p-1/i;;;;;1+2T. The fourth-order valence-corrected chi connectivity index (χ4v) is 16.2. The molecule has 26 nitrogen and oxygen atoms in total. The molecule has 0 saturated carbocycles. The number of aromatic carboxylic acids is 2. The zero-order valence-corrected chi connectivity index (χ0v) is 72.3. The van der Waals surface area contributed by atoms with Gasteiger partial charge in [-0.3, -0.25) is 67.1 Å². The Morgan fingerprint density at radius 2 is 1.12 bits per heavy atom. The van der Waals surface area contributed by atoms with Gasteiger partial charge in [0.2, 0.25) is 34.8 Å². The molecule has 0 radical (unpaired) electrons. The fourth-order valence-electron chi connectivity index (χ4n) is 16.2. The van der Waals surface area contributed by atoms with Crippen LogP contribution in [0.15, 0.2) is 94.0 Å². The lowest BCUT2D eigenvalue weighted by Gasteiger charge is -2.26. The number of ketones is 13. The number of benzene rings is 1. The molecule has 7 N–H and O–H groups in total. The van der Waals surface area contributed by atoms with Gasteiger partial charge in [0, 0.05) is 83.3 Å². The Labute approximate surface area is 721 Å². The summed E-state index contributed by atoms with van der Waals surface area (Å²) in [5.74, 6) is -8.20. The van der Waals surface area contributed by atoms with Crippen molar-refractivity contribution in [2.45, 2.75) is 294 Å². The van der Waals surface area contributed by atoms with E-state index in [1.165, 1.54) is 29.4 Å². The van der Waals surface area contributed by atoms with Gasteiger partial charge in [0.25, 0.3) is 12.3 Å². The quantitative estimate of drug-likeness (QED) is 0.0119. The number of aromatic amines is 1. The van der Waals surface area contributed by atoms with Gasteiger partial charge in [0.15, 0.2) is 5.78 Å². The van der Waals surface area contributed by atoms with Gasteiger partial charge in [-0.15, -0.1) is 0 Å². The number of carbonyl (C=O) groups is 16. The minimum atomic E-state index is -1.48. The van der Waals surface area contributed by atoms with Crippen molar-refractivity contribution < 1.29 is 99.7 Å². The van der Waals surface area contributed by atoms with E-state index in [9.17, 15) is 86.9 Å². The third-order valence-corrected chi connectivity index (χ3v) is 22.5. The molecule has 666 valence electrons. The van der Waals surface area contributed by atoms with Gasteiger partial charge >= 0.3 is 11.9 Å². The number of carboxylic acid groups (broad SMARTS) is 2. The minimum Gasteiger partial charge on any atom is -0.870 e. The van der Waals surface area contributed by atoms with Gasteiger partial charge in [-0.25, -0.2) is 14.6 Å². The highest BCUT2D eigenvalue weighted by Crippen LogP contribution is 2.44. The summed E-state index contributed by atoms with van der Waals surface area (Å²) >= 11 is 0. The second-order valence-electron chi connectivity index (χ2n) is 32.1. The minimum absolute atomic E-state index is 0. The summed E-state index contributed by atoms with van der Waals surface area (Å²) in [5, 5.41) is 42.6. The van der Waals surface area contributed by atoms with Crippen molar-refractivity contribution in [1.29, 1.82) is 0 Å². The largest absolute Gasteiger partial charge is 0.870 e. The van der Waals surface area contributed by atoms with E-state index >= 15 is 0 Å². The zero-order chi connectivity index (χ0) is 91.0. The topological polar surface area (TPSA) is 423 Å². The number of fused-ring (bicyclic) bond motifs is 4. The monoisotopic (exact) mass is 1690 g/mol. The number of hydrogen-bond acceptors (Lipinski definition) is 23. The number of unbranched alkanes of at least 4 members (excludes halogenated alkanes) is 5. The average molecular weight is 1690 g/mol. The van der Waals surface area contributed by atoms with Crippen LogP contribution in [0.1, 0.15) is 324 Å². The van der Waals surface area contributed by atoms with E-state index in [2.05, 4.69) is 102 Å². The number of nitrogens with zero attached hydrogens (tertiary/aromatic N) is 1. The van der Waals surface area contributed by atoms with Crippen molar-refractivity contribution >= 4 is 99.7 Å². The van der Waals surface area contributed by atoms with Crippen LogP contribution in [0.2, 0.25) is 0 Å². The second-order valence-corrected chi connectivity index (χ2v) is 32.1. The Morgan fingerprint density at radius 1 is 0.582 bits per heavy atom. The third kappa shape index (κ3) is 28.9. The van der Waals surface area contributed by atoms with Gasteiger partial charge < -0.3 is 46.3 Å². The summed E-state index contributed by atoms with van der Waals surface area (Å²) in [6.07, 6.45) is 32.0. The number of Topliss-reactive ketones (excluding diaryl/α,β-unsaturated/α-hetero) is 9. The molecular weight excluding hydrogens is 1560 g/mol. The summed E-state index contributed by atoms with van der Waals surface area (Å²) in [6.45, 7) is 23.3. The summed E-state index contributed by atoms with van der Waals surface area (Å²) in [4.78, 5) is 200. The number of aromatic nitrogens is 2. The first-order valence-electron chi connectivity index (χ1n) is 44.9. The molecule has 3 aromatic rings. The molecule has 5 aliphatic carbocycles. The van der Waals surface area contributed by atoms with Crippen LogP contribution in [-0.4, -0.2) is 158 Å². The fraction of sp³-hybridized carbons (Fsp3) is 0.552. The van der Waals surface area contributed by atoms with Crippen LogP contribution in [-0.2, 0) is 70.4 Å². The molecular formula is C96H131N6O20-. The third-order valence-electron chi connectivity index (χ3n) is 22.5. The summed E-state index contributed by atoms with van der Waals surface area (Å²) in [5.41, 5.74) is 6.34.